The molecule has 0 spiro atoms. The molecule has 0 fully saturated rings. The SMILES string of the molecule is CCC(C)CN(CC)S(=O)(=O)c1ccc(Br)c(F)c1. The summed E-state index contributed by atoms with van der Waals surface area (Å²) in [4.78, 5) is -0.00152. The standard InChI is InChI=1S/C13H19BrFNO2S/c1-4-10(3)9-16(5-2)19(17,18)11-6-7-12(14)13(15)8-11/h6-8,10H,4-5,9H2,1-3H3. The molecule has 0 bridgehead atoms. The quantitative estimate of drug-likeness (QED) is 0.784. The molecule has 0 N–H and O–H groups in total. The molecule has 0 saturated carbocycles. The highest BCUT2D eigenvalue weighted by molar-refractivity contribution is 9.10. The zero-order chi connectivity index (χ0) is 14.6. The van der Waals surface area contributed by atoms with Crippen molar-refractivity contribution in [3.63, 3.8) is 0 Å². The molecule has 19 heavy (non-hydrogen) atoms. The summed E-state index contributed by atoms with van der Waals surface area (Å²) in [6, 6.07) is 3.89. The van der Waals surface area contributed by atoms with E-state index in [1.165, 1.54) is 16.4 Å². The van der Waals surface area contributed by atoms with E-state index in [1.54, 1.807) is 6.92 Å². The average molecular weight is 352 g/mol. The first-order chi connectivity index (χ1) is 8.82. The molecule has 0 saturated heterocycles. The molecule has 1 unspecified atom stereocenters. The minimum absolute atomic E-state index is 0.00152. The third kappa shape index (κ3) is 4.00. The minimum Gasteiger partial charge on any atom is -0.207 e. The van der Waals surface area contributed by atoms with Gasteiger partial charge in [0.15, 0.2) is 0 Å². The second-order valence-corrected chi connectivity index (χ2v) is 7.34. The maximum atomic E-state index is 13.5. The Kier molecular flexibility index (Phi) is 5.95. The molecule has 1 atom stereocenters. The number of sulfonamides is 1. The molecule has 0 heterocycles. The number of benzene rings is 1. The summed E-state index contributed by atoms with van der Waals surface area (Å²) in [6.07, 6.45) is 0.903. The summed E-state index contributed by atoms with van der Waals surface area (Å²) in [5.41, 5.74) is 0. The molecule has 0 amide bonds. The van der Waals surface area contributed by atoms with Crippen LogP contribution in [-0.4, -0.2) is 25.8 Å². The highest BCUT2D eigenvalue weighted by Crippen LogP contribution is 2.22. The molecule has 3 nitrogen and oxygen atoms in total. The van der Waals surface area contributed by atoms with Gasteiger partial charge in [-0.2, -0.15) is 4.31 Å². The number of halogens is 2. The monoisotopic (exact) mass is 351 g/mol. The normalized spacial score (nSPS) is 13.8. The Morgan fingerprint density at radius 3 is 2.47 bits per heavy atom. The molecular formula is C13H19BrFNO2S. The van der Waals surface area contributed by atoms with E-state index in [2.05, 4.69) is 15.9 Å². The lowest BCUT2D eigenvalue weighted by atomic mass is 10.1. The van der Waals surface area contributed by atoms with Crippen molar-refractivity contribution in [1.29, 1.82) is 0 Å². The fraction of sp³-hybridized carbons (Fsp3) is 0.538. The molecule has 0 aliphatic carbocycles. The Labute approximate surface area is 123 Å². The van der Waals surface area contributed by atoms with Gasteiger partial charge in [0, 0.05) is 13.1 Å². The summed E-state index contributed by atoms with van der Waals surface area (Å²) in [7, 11) is -3.62. The van der Waals surface area contributed by atoms with E-state index < -0.39 is 15.8 Å². The van der Waals surface area contributed by atoms with Crippen LogP contribution in [0.5, 0.6) is 0 Å². The second-order valence-electron chi connectivity index (χ2n) is 4.55. The van der Waals surface area contributed by atoms with Crippen LogP contribution in [0.3, 0.4) is 0 Å². The summed E-state index contributed by atoms with van der Waals surface area (Å²) in [5, 5.41) is 0. The lowest BCUT2D eigenvalue weighted by Crippen LogP contribution is -2.34. The van der Waals surface area contributed by atoms with Crippen LogP contribution in [0.4, 0.5) is 4.39 Å². The van der Waals surface area contributed by atoms with E-state index in [9.17, 15) is 12.8 Å². The molecule has 1 aromatic carbocycles. The van der Waals surface area contributed by atoms with Gasteiger partial charge in [-0.3, -0.25) is 0 Å². The molecule has 0 aromatic heterocycles. The van der Waals surface area contributed by atoms with Crippen LogP contribution < -0.4 is 0 Å². The van der Waals surface area contributed by atoms with Crippen molar-refractivity contribution >= 4 is 26.0 Å². The molecule has 6 heteroatoms. The van der Waals surface area contributed by atoms with E-state index in [1.807, 2.05) is 13.8 Å². The lowest BCUT2D eigenvalue weighted by Gasteiger charge is -2.23. The van der Waals surface area contributed by atoms with Crippen molar-refractivity contribution in [1.82, 2.24) is 4.31 Å². The van der Waals surface area contributed by atoms with Gasteiger partial charge >= 0.3 is 0 Å². The van der Waals surface area contributed by atoms with Gasteiger partial charge < -0.3 is 0 Å². The van der Waals surface area contributed by atoms with Gasteiger partial charge in [-0.1, -0.05) is 27.2 Å². The summed E-state index contributed by atoms with van der Waals surface area (Å²) in [6.45, 7) is 6.64. The molecule has 0 aliphatic rings. The van der Waals surface area contributed by atoms with Crippen molar-refractivity contribution < 1.29 is 12.8 Å². The van der Waals surface area contributed by atoms with Crippen LogP contribution in [0.15, 0.2) is 27.6 Å². The molecule has 0 aliphatic heterocycles. The summed E-state index contributed by atoms with van der Waals surface area (Å²) in [5.74, 6) is -0.296. The van der Waals surface area contributed by atoms with Crippen LogP contribution in [-0.2, 0) is 10.0 Å². The maximum Gasteiger partial charge on any atom is 0.243 e. The first-order valence-electron chi connectivity index (χ1n) is 6.28. The predicted octanol–water partition coefficient (Wildman–Crippen LogP) is 3.64. The van der Waals surface area contributed by atoms with Gasteiger partial charge in [0.1, 0.15) is 5.82 Å². The first kappa shape index (κ1) is 16.6. The van der Waals surface area contributed by atoms with E-state index in [4.69, 9.17) is 0 Å². The first-order valence-corrected chi connectivity index (χ1v) is 8.51. The number of hydrogen-bond acceptors (Lipinski definition) is 2. The number of hydrogen-bond donors (Lipinski definition) is 0. The van der Waals surface area contributed by atoms with Gasteiger partial charge in [0.05, 0.1) is 9.37 Å². The van der Waals surface area contributed by atoms with Gasteiger partial charge in [-0.25, -0.2) is 12.8 Å². The zero-order valence-corrected chi connectivity index (χ0v) is 13.8. The van der Waals surface area contributed by atoms with E-state index in [0.717, 1.165) is 12.5 Å². The predicted molar refractivity (Wildman–Crippen MR) is 78.0 cm³/mol. The number of nitrogens with zero attached hydrogens (tertiary/aromatic N) is 1. The number of rotatable bonds is 6. The highest BCUT2D eigenvalue weighted by Gasteiger charge is 2.25. The van der Waals surface area contributed by atoms with Gasteiger partial charge in [0.2, 0.25) is 10.0 Å². The Morgan fingerprint density at radius 1 is 1.37 bits per heavy atom. The van der Waals surface area contributed by atoms with Crippen LogP contribution >= 0.6 is 15.9 Å². The van der Waals surface area contributed by atoms with Gasteiger partial charge in [-0.05, 0) is 40.0 Å². The van der Waals surface area contributed by atoms with E-state index in [0.29, 0.717) is 13.1 Å². The molecule has 0 radical (unpaired) electrons. The van der Waals surface area contributed by atoms with Crippen molar-refractivity contribution in [3.8, 4) is 0 Å². The topological polar surface area (TPSA) is 37.4 Å². The summed E-state index contributed by atoms with van der Waals surface area (Å²) >= 11 is 3.02. The van der Waals surface area contributed by atoms with Crippen LogP contribution in [0, 0.1) is 11.7 Å². The zero-order valence-electron chi connectivity index (χ0n) is 11.4. The third-order valence-corrected chi connectivity index (χ3v) is 5.67. The average Bonchev–Trinajstić information content (AvgIpc) is 2.38. The second kappa shape index (κ2) is 6.81. The van der Waals surface area contributed by atoms with Crippen molar-refractivity contribution in [3.05, 3.63) is 28.5 Å². The highest BCUT2D eigenvalue weighted by atomic mass is 79.9. The van der Waals surface area contributed by atoms with Crippen molar-refractivity contribution in [2.75, 3.05) is 13.1 Å². The Morgan fingerprint density at radius 2 is 2.00 bits per heavy atom. The summed E-state index contributed by atoms with van der Waals surface area (Å²) < 4.78 is 40.0. The van der Waals surface area contributed by atoms with Crippen LogP contribution in [0.25, 0.3) is 0 Å². The molecule has 1 rings (SSSR count). The van der Waals surface area contributed by atoms with Crippen molar-refractivity contribution in [2.24, 2.45) is 5.92 Å². The third-order valence-electron chi connectivity index (χ3n) is 3.09. The molecule has 108 valence electrons. The maximum absolute atomic E-state index is 13.5. The van der Waals surface area contributed by atoms with E-state index >= 15 is 0 Å². The largest absolute Gasteiger partial charge is 0.243 e. The minimum atomic E-state index is -3.62. The fourth-order valence-electron chi connectivity index (χ4n) is 1.66. The van der Waals surface area contributed by atoms with Crippen LogP contribution in [0.1, 0.15) is 27.2 Å². The van der Waals surface area contributed by atoms with Crippen LogP contribution in [0.2, 0.25) is 0 Å². The van der Waals surface area contributed by atoms with E-state index in [-0.39, 0.29) is 15.3 Å². The Hall–Kier alpha value is -0.460. The Bertz CT molecular complexity index is 533. The smallest absolute Gasteiger partial charge is 0.207 e. The fourth-order valence-corrected chi connectivity index (χ4v) is 3.49. The molecule has 1 aromatic rings. The Balaban J connectivity index is 3.09. The van der Waals surface area contributed by atoms with Crippen molar-refractivity contribution in [2.45, 2.75) is 32.1 Å². The lowest BCUT2D eigenvalue weighted by molar-refractivity contribution is 0.361. The molecular weight excluding hydrogens is 333 g/mol. The van der Waals surface area contributed by atoms with Gasteiger partial charge in [-0.15, -0.1) is 0 Å². The van der Waals surface area contributed by atoms with Gasteiger partial charge in [0.25, 0.3) is 0 Å².